The number of rotatable bonds is 7. The molecule has 0 unspecified atom stereocenters. The molecule has 2 aromatic rings. The van der Waals surface area contributed by atoms with Crippen LogP contribution < -0.4 is 10.6 Å². The highest BCUT2D eigenvalue weighted by molar-refractivity contribution is 6.00. The van der Waals surface area contributed by atoms with Crippen LogP contribution in [0.2, 0.25) is 0 Å². The van der Waals surface area contributed by atoms with E-state index in [9.17, 15) is 28.3 Å². The molecule has 9 heteroatoms. The number of benzene rings is 2. The lowest BCUT2D eigenvalue weighted by Gasteiger charge is -2.44. The lowest BCUT2D eigenvalue weighted by atomic mass is 9.88. The summed E-state index contributed by atoms with van der Waals surface area (Å²) in [5.41, 5.74) is 1.94. The predicted octanol–water partition coefficient (Wildman–Crippen LogP) is 2.23. The summed E-state index contributed by atoms with van der Waals surface area (Å²) in [5.74, 6) is -3.90. The molecule has 1 saturated heterocycles. The van der Waals surface area contributed by atoms with Gasteiger partial charge in [0.1, 0.15) is 36.5 Å². The fourth-order valence-electron chi connectivity index (χ4n) is 5.19. The number of carbonyl (C=O) groups is 3. The van der Waals surface area contributed by atoms with E-state index in [1.54, 1.807) is 0 Å². The summed E-state index contributed by atoms with van der Waals surface area (Å²) >= 11 is 0. The van der Waals surface area contributed by atoms with Gasteiger partial charge in [-0.15, -0.1) is 0 Å². The molecule has 3 N–H and O–H groups in total. The van der Waals surface area contributed by atoms with Crippen molar-refractivity contribution in [2.24, 2.45) is 11.8 Å². The molecule has 1 fully saturated rings. The second-order valence-corrected chi connectivity index (χ2v) is 9.58. The highest BCUT2D eigenvalue weighted by Gasteiger charge is 2.49. The van der Waals surface area contributed by atoms with E-state index in [1.165, 1.54) is 0 Å². The van der Waals surface area contributed by atoms with Crippen LogP contribution >= 0.6 is 0 Å². The molecule has 2 aromatic carbocycles. The fourth-order valence-corrected chi connectivity index (χ4v) is 5.19. The average molecular weight is 486 g/mol. The Kier molecular flexibility index (Phi) is 7.16. The summed E-state index contributed by atoms with van der Waals surface area (Å²) in [6.07, 6.45) is 1.39. The summed E-state index contributed by atoms with van der Waals surface area (Å²) in [6, 6.07) is 7.01. The Morgan fingerprint density at radius 3 is 2.37 bits per heavy atom. The summed E-state index contributed by atoms with van der Waals surface area (Å²) < 4.78 is 28.6. The number of carbonyl (C=O) groups excluding carboxylic acids is 3. The Labute approximate surface area is 202 Å². The first kappa shape index (κ1) is 24.8. The van der Waals surface area contributed by atoms with Crippen LogP contribution in [-0.4, -0.2) is 46.5 Å². The minimum absolute atomic E-state index is 0.0204. The van der Waals surface area contributed by atoms with Gasteiger partial charge in [-0.1, -0.05) is 44.2 Å². The maximum Gasteiger partial charge on any atom is 0.249 e. The van der Waals surface area contributed by atoms with Crippen molar-refractivity contribution in [1.82, 2.24) is 15.5 Å². The molecule has 3 amide bonds. The zero-order chi connectivity index (χ0) is 25.3. The van der Waals surface area contributed by atoms with Crippen LogP contribution in [0.4, 0.5) is 8.78 Å². The van der Waals surface area contributed by atoms with Crippen molar-refractivity contribution < 1.29 is 28.3 Å². The van der Waals surface area contributed by atoms with Crippen molar-refractivity contribution in [1.29, 1.82) is 0 Å². The van der Waals surface area contributed by atoms with Crippen LogP contribution in [0.25, 0.3) is 0 Å². The quantitative estimate of drug-likeness (QED) is 0.524. The van der Waals surface area contributed by atoms with Crippen molar-refractivity contribution in [3.05, 3.63) is 70.8 Å². The van der Waals surface area contributed by atoms with Gasteiger partial charge in [0, 0.05) is 11.6 Å². The van der Waals surface area contributed by atoms with Crippen LogP contribution in [-0.2, 0) is 27.2 Å². The van der Waals surface area contributed by atoms with Crippen molar-refractivity contribution >= 4 is 17.7 Å². The molecule has 0 saturated carbocycles. The molecule has 1 aliphatic heterocycles. The molecule has 0 aromatic heterocycles. The van der Waals surface area contributed by atoms with Crippen molar-refractivity contribution in [3.8, 4) is 0 Å². The SMILES string of the molecule is CC(C)C[C@@H]1C(=O)N[C@H](C2Cc3ccccc3C2)C(=O)N1[C@@H](C(=O)NCO)c1ccc(F)cc1F. The van der Waals surface area contributed by atoms with Crippen LogP contribution in [0.3, 0.4) is 0 Å². The molecule has 2 aliphatic rings. The zero-order valence-electron chi connectivity index (χ0n) is 19.6. The van der Waals surface area contributed by atoms with E-state index in [-0.39, 0.29) is 23.8 Å². The van der Waals surface area contributed by atoms with Crippen molar-refractivity contribution in [3.63, 3.8) is 0 Å². The third-order valence-corrected chi connectivity index (χ3v) is 6.74. The molecular formula is C26H29F2N3O4. The van der Waals surface area contributed by atoms with Crippen LogP contribution in [0, 0.1) is 23.5 Å². The first-order valence-electron chi connectivity index (χ1n) is 11.7. The third kappa shape index (κ3) is 4.91. The Morgan fingerprint density at radius 1 is 1.14 bits per heavy atom. The first-order chi connectivity index (χ1) is 16.7. The van der Waals surface area contributed by atoms with Crippen LogP contribution in [0.15, 0.2) is 42.5 Å². The van der Waals surface area contributed by atoms with Gasteiger partial charge in [0.15, 0.2) is 0 Å². The number of aliphatic hydroxyl groups excluding tert-OH is 1. The van der Waals surface area contributed by atoms with Gasteiger partial charge in [0.25, 0.3) is 0 Å². The average Bonchev–Trinajstić information content (AvgIpc) is 3.23. The van der Waals surface area contributed by atoms with Gasteiger partial charge in [0.05, 0.1) is 0 Å². The van der Waals surface area contributed by atoms with Gasteiger partial charge in [-0.2, -0.15) is 0 Å². The highest BCUT2D eigenvalue weighted by Crippen LogP contribution is 2.36. The van der Waals surface area contributed by atoms with E-state index in [2.05, 4.69) is 10.6 Å². The molecule has 7 nitrogen and oxygen atoms in total. The lowest BCUT2D eigenvalue weighted by Crippen LogP contribution is -2.67. The molecule has 0 spiro atoms. The molecule has 35 heavy (non-hydrogen) atoms. The van der Waals surface area contributed by atoms with Gasteiger partial charge >= 0.3 is 0 Å². The maximum absolute atomic E-state index is 14.9. The van der Waals surface area contributed by atoms with E-state index in [1.807, 2.05) is 38.1 Å². The predicted molar refractivity (Wildman–Crippen MR) is 124 cm³/mol. The Morgan fingerprint density at radius 2 is 1.80 bits per heavy atom. The smallest absolute Gasteiger partial charge is 0.249 e. The highest BCUT2D eigenvalue weighted by atomic mass is 19.1. The number of hydrogen-bond donors (Lipinski definition) is 3. The topological polar surface area (TPSA) is 98.7 Å². The Balaban J connectivity index is 1.77. The molecule has 3 atom stereocenters. The molecule has 1 heterocycles. The summed E-state index contributed by atoms with van der Waals surface area (Å²) in [6.45, 7) is 3.00. The number of hydrogen-bond acceptors (Lipinski definition) is 4. The van der Waals surface area contributed by atoms with Crippen LogP contribution in [0.1, 0.15) is 43.0 Å². The number of piperazine rings is 1. The number of aliphatic hydroxyl groups is 1. The standard InChI is InChI=1S/C26H29F2N3O4/c1-14(2)9-21-24(33)30-22(17-10-15-5-3-4-6-16(15)11-17)26(35)31(21)23(25(34)29-13-32)19-8-7-18(27)12-20(19)28/h3-8,12,14,17,21-23,32H,9-11,13H2,1-2H3,(H,29,34)(H,30,33)/t21-,22-,23-/m1/s1. The zero-order valence-corrected chi connectivity index (χ0v) is 19.6. The third-order valence-electron chi connectivity index (χ3n) is 6.74. The fraction of sp³-hybridized carbons (Fsp3) is 0.423. The van der Waals surface area contributed by atoms with Crippen molar-refractivity contribution in [2.45, 2.75) is 51.2 Å². The largest absolute Gasteiger partial charge is 0.376 e. The first-order valence-corrected chi connectivity index (χ1v) is 11.7. The number of halogens is 2. The molecule has 4 rings (SSSR count). The molecule has 0 radical (unpaired) electrons. The summed E-state index contributed by atoms with van der Waals surface area (Å²) in [7, 11) is 0. The number of nitrogens with one attached hydrogen (secondary N) is 2. The molecule has 1 aliphatic carbocycles. The Hall–Kier alpha value is -3.33. The van der Waals surface area contributed by atoms with Gasteiger partial charge in [-0.25, -0.2) is 8.78 Å². The molecular weight excluding hydrogens is 456 g/mol. The second kappa shape index (κ2) is 10.1. The van der Waals surface area contributed by atoms with Crippen molar-refractivity contribution in [2.75, 3.05) is 6.73 Å². The van der Waals surface area contributed by atoms with E-state index in [0.717, 1.165) is 28.2 Å². The van der Waals surface area contributed by atoms with Gasteiger partial charge in [-0.3, -0.25) is 14.4 Å². The second-order valence-electron chi connectivity index (χ2n) is 9.58. The van der Waals surface area contributed by atoms with Gasteiger partial charge < -0.3 is 20.6 Å². The minimum Gasteiger partial charge on any atom is -0.376 e. The number of fused-ring (bicyclic) bond motifs is 1. The molecule has 0 bridgehead atoms. The Bertz CT molecular complexity index is 1110. The van der Waals surface area contributed by atoms with Crippen LogP contribution in [0.5, 0.6) is 0 Å². The minimum atomic E-state index is -1.56. The van der Waals surface area contributed by atoms with Gasteiger partial charge in [-0.05, 0) is 48.3 Å². The summed E-state index contributed by atoms with van der Waals surface area (Å²) in [4.78, 5) is 41.6. The van der Waals surface area contributed by atoms with E-state index in [4.69, 9.17) is 0 Å². The maximum atomic E-state index is 14.9. The van der Waals surface area contributed by atoms with E-state index >= 15 is 0 Å². The van der Waals surface area contributed by atoms with E-state index < -0.39 is 54.2 Å². The lowest BCUT2D eigenvalue weighted by molar-refractivity contribution is -0.158. The summed E-state index contributed by atoms with van der Waals surface area (Å²) in [5, 5.41) is 14.4. The number of nitrogens with zero attached hydrogens (tertiary/aromatic N) is 1. The monoisotopic (exact) mass is 485 g/mol. The number of amides is 3. The normalized spacial score (nSPS) is 21.1. The molecule has 186 valence electrons. The van der Waals surface area contributed by atoms with Gasteiger partial charge in [0.2, 0.25) is 17.7 Å². The van der Waals surface area contributed by atoms with E-state index in [0.29, 0.717) is 18.9 Å².